The zero-order valence-corrected chi connectivity index (χ0v) is 13.4. The van der Waals surface area contributed by atoms with Gasteiger partial charge in [0.15, 0.2) is 0 Å². The maximum absolute atomic E-state index is 6.05. The predicted molar refractivity (Wildman–Crippen MR) is 87.6 cm³/mol. The normalized spacial score (nSPS) is 21.2. The summed E-state index contributed by atoms with van der Waals surface area (Å²) in [6, 6.07) is 9.24. The molecule has 0 aliphatic carbocycles. The number of fused-ring (bicyclic) bond motifs is 1. The van der Waals surface area contributed by atoms with Crippen molar-refractivity contribution in [3.05, 3.63) is 35.6 Å². The highest BCUT2D eigenvalue weighted by atomic mass is 16.3. The molecule has 3 nitrogen and oxygen atoms in total. The molecule has 0 saturated carbocycles. The van der Waals surface area contributed by atoms with E-state index in [1.165, 1.54) is 30.3 Å². The van der Waals surface area contributed by atoms with Crippen LogP contribution in [0.3, 0.4) is 0 Å². The minimum absolute atomic E-state index is 0.261. The number of nitrogens with one attached hydrogen (secondary N) is 1. The smallest absolute Gasteiger partial charge is 0.134 e. The molecule has 2 aromatic rings. The fourth-order valence-corrected chi connectivity index (χ4v) is 3.55. The van der Waals surface area contributed by atoms with Crippen molar-refractivity contribution in [1.82, 2.24) is 10.2 Å². The van der Waals surface area contributed by atoms with Crippen molar-refractivity contribution < 1.29 is 4.42 Å². The van der Waals surface area contributed by atoms with Crippen LogP contribution in [-0.4, -0.2) is 30.6 Å². The third-order valence-electron chi connectivity index (χ3n) is 4.84. The molecule has 1 saturated heterocycles. The van der Waals surface area contributed by atoms with E-state index >= 15 is 0 Å². The molecule has 1 N–H and O–H groups in total. The lowest BCUT2D eigenvalue weighted by Crippen LogP contribution is -2.38. The monoisotopic (exact) mass is 286 g/mol. The third-order valence-corrected chi connectivity index (χ3v) is 4.84. The van der Waals surface area contributed by atoms with Crippen LogP contribution in [0.25, 0.3) is 11.0 Å². The van der Waals surface area contributed by atoms with Gasteiger partial charge in [0.05, 0.1) is 6.04 Å². The zero-order valence-electron chi connectivity index (χ0n) is 13.4. The lowest BCUT2D eigenvalue weighted by atomic mass is 10.1. The van der Waals surface area contributed by atoms with Crippen molar-refractivity contribution in [2.24, 2.45) is 0 Å². The van der Waals surface area contributed by atoms with Crippen molar-refractivity contribution in [3.8, 4) is 0 Å². The molecule has 2 atom stereocenters. The van der Waals surface area contributed by atoms with Crippen LogP contribution in [0.1, 0.15) is 44.1 Å². The zero-order chi connectivity index (χ0) is 14.8. The molecule has 1 aliphatic heterocycles. The topological polar surface area (TPSA) is 28.4 Å². The molecule has 0 radical (unpaired) electrons. The number of aryl methyl sites for hydroxylation is 1. The predicted octanol–water partition coefficient (Wildman–Crippen LogP) is 3.88. The van der Waals surface area contributed by atoms with E-state index in [4.69, 9.17) is 4.42 Å². The van der Waals surface area contributed by atoms with Gasteiger partial charge in [0.25, 0.3) is 0 Å². The molecule has 3 rings (SSSR count). The Morgan fingerprint density at radius 1 is 1.38 bits per heavy atom. The number of hydrogen-bond acceptors (Lipinski definition) is 3. The highest BCUT2D eigenvalue weighted by molar-refractivity contribution is 5.82. The second-order valence-corrected chi connectivity index (χ2v) is 6.14. The Labute approximate surface area is 127 Å². The van der Waals surface area contributed by atoms with Gasteiger partial charge < -0.3 is 9.73 Å². The number of para-hydroxylation sites is 1. The summed E-state index contributed by atoms with van der Waals surface area (Å²) in [6.07, 6.45) is 2.64. The molecular weight excluding hydrogens is 260 g/mol. The Bertz CT molecular complexity index is 604. The number of rotatable bonds is 5. The van der Waals surface area contributed by atoms with Gasteiger partial charge in [0.1, 0.15) is 11.3 Å². The first kappa shape index (κ1) is 14.6. The van der Waals surface area contributed by atoms with E-state index in [1.54, 1.807) is 0 Å². The first-order valence-corrected chi connectivity index (χ1v) is 8.16. The summed E-state index contributed by atoms with van der Waals surface area (Å²) in [5.74, 6) is 1.08. The quantitative estimate of drug-likeness (QED) is 0.904. The van der Waals surface area contributed by atoms with Crippen molar-refractivity contribution in [1.29, 1.82) is 0 Å². The summed E-state index contributed by atoms with van der Waals surface area (Å²) < 4.78 is 6.05. The average Bonchev–Trinajstić information content (AvgIpc) is 3.09. The summed E-state index contributed by atoms with van der Waals surface area (Å²) in [5, 5.41) is 4.91. The van der Waals surface area contributed by atoms with E-state index in [1.807, 2.05) is 12.1 Å². The lowest BCUT2D eigenvalue weighted by molar-refractivity contribution is 0.252. The standard InChI is InChI=1S/C18H26N2O/c1-4-20-11-7-8-15(20)12-19-14(3)18-13(2)16-9-5-6-10-17(16)21-18/h5-6,9-10,14-15,19H,4,7-8,11-12H2,1-3H3. The number of nitrogens with zero attached hydrogens (tertiary/aromatic N) is 1. The highest BCUT2D eigenvalue weighted by Crippen LogP contribution is 2.29. The fraction of sp³-hybridized carbons (Fsp3) is 0.556. The lowest BCUT2D eigenvalue weighted by Gasteiger charge is -2.24. The molecule has 0 amide bonds. The summed E-state index contributed by atoms with van der Waals surface area (Å²) in [5.41, 5.74) is 2.26. The molecule has 114 valence electrons. The Hall–Kier alpha value is -1.32. The number of benzene rings is 1. The van der Waals surface area contributed by atoms with Gasteiger partial charge in [-0.25, -0.2) is 0 Å². The maximum atomic E-state index is 6.05. The van der Waals surface area contributed by atoms with E-state index in [0.717, 1.165) is 24.4 Å². The van der Waals surface area contributed by atoms with Gasteiger partial charge in [-0.2, -0.15) is 0 Å². The third kappa shape index (κ3) is 2.85. The Balaban J connectivity index is 1.69. The first-order chi connectivity index (χ1) is 10.2. The minimum atomic E-state index is 0.261. The van der Waals surface area contributed by atoms with Crippen molar-refractivity contribution in [2.75, 3.05) is 19.6 Å². The molecule has 1 fully saturated rings. The first-order valence-electron chi connectivity index (χ1n) is 8.16. The molecule has 2 unspecified atom stereocenters. The van der Waals surface area contributed by atoms with Crippen molar-refractivity contribution in [3.63, 3.8) is 0 Å². The summed E-state index contributed by atoms with van der Waals surface area (Å²) in [4.78, 5) is 2.57. The van der Waals surface area contributed by atoms with E-state index < -0.39 is 0 Å². The van der Waals surface area contributed by atoms with Crippen LogP contribution in [0.15, 0.2) is 28.7 Å². The van der Waals surface area contributed by atoms with Crippen molar-refractivity contribution in [2.45, 2.75) is 45.7 Å². The van der Waals surface area contributed by atoms with Gasteiger partial charge in [-0.05, 0) is 51.4 Å². The number of likely N-dealkylation sites (N-methyl/N-ethyl adjacent to an activating group) is 1. The van der Waals surface area contributed by atoms with Crippen LogP contribution in [0.4, 0.5) is 0 Å². The summed E-state index contributed by atoms with van der Waals surface area (Å²) >= 11 is 0. The molecule has 3 heteroatoms. The van der Waals surface area contributed by atoms with Crippen LogP contribution in [0.5, 0.6) is 0 Å². The molecular formula is C18H26N2O. The SMILES string of the molecule is CCN1CCCC1CNC(C)c1oc2ccccc2c1C. The second kappa shape index (κ2) is 6.20. The van der Waals surface area contributed by atoms with Gasteiger partial charge in [0.2, 0.25) is 0 Å². The number of hydrogen-bond donors (Lipinski definition) is 1. The van der Waals surface area contributed by atoms with Gasteiger partial charge in [0, 0.05) is 18.0 Å². The van der Waals surface area contributed by atoms with Crippen LogP contribution >= 0.6 is 0 Å². The van der Waals surface area contributed by atoms with Gasteiger partial charge in [-0.15, -0.1) is 0 Å². The second-order valence-electron chi connectivity index (χ2n) is 6.14. The molecule has 21 heavy (non-hydrogen) atoms. The van der Waals surface area contributed by atoms with Crippen LogP contribution in [0, 0.1) is 6.92 Å². The molecule has 2 heterocycles. The van der Waals surface area contributed by atoms with Crippen LogP contribution in [-0.2, 0) is 0 Å². The Morgan fingerprint density at radius 2 is 2.19 bits per heavy atom. The number of likely N-dealkylation sites (tertiary alicyclic amines) is 1. The highest BCUT2D eigenvalue weighted by Gasteiger charge is 2.24. The maximum Gasteiger partial charge on any atom is 0.134 e. The fourth-order valence-electron chi connectivity index (χ4n) is 3.55. The minimum Gasteiger partial charge on any atom is -0.459 e. The average molecular weight is 286 g/mol. The molecule has 1 aromatic carbocycles. The van der Waals surface area contributed by atoms with Gasteiger partial charge in [-0.1, -0.05) is 25.1 Å². The van der Waals surface area contributed by atoms with E-state index in [9.17, 15) is 0 Å². The molecule has 0 bridgehead atoms. The molecule has 1 aromatic heterocycles. The van der Waals surface area contributed by atoms with Gasteiger partial charge in [-0.3, -0.25) is 4.90 Å². The molecule has 1 aliphatic rings. The van der Waals surface area contributed by atoms with Crippen molar-refractivity contribution >= 4 is 11.0 Å². The van der Waals surface area contributed by atoms with E-state index in [2.05, 4.69) is 43.1 Å². The summed E-state index contributed by atoms with van der Waals surface area (Å²) in [6.45, 7) is 10.1. The Kier molecular flexibility index (Phi) is 4.32. The van der Waals surface area contributed by atoms with E-state index in [-0.39, 0.29) is 6.04 Å². The number of furan rings is 1. The summed E-state index contributed by atoms with van der Waals surface area (Å²) in [7, 11) is 0. The Morgan fingerprint density at radius 3 is 2.95 bits per heavy atom. The van der Waals surface area contributed by atoms with Gasteiger partial charge >= 0.3 is 0 Å². The van der Waals surface area contributed by atoms with E-state index in [0.29, 0.717) is 6.04 Å². The largest absolute Gasteiger partial charge is 0.459 e. The van der Waals surface area contributed by atoms with Crippen LogP contribution < -0.4 is 5.32 Å². The van der Waals surface area contributed by atoms with Crippen LogP contribution in [0.2, 0.25) is 0 Å². The molecule has 0 spiro atoms.